The van der Waals surface area contributed by atoms with E-state index in [0.29, 0.717) is 18.9 Å². The molecular formula is C38H60O14. The van der Waals surface area contributed by atoms with Crippen LogP contribution in [-0.4, -0.2) is 146 Å². The maximum atomic E-state index is 12.8. The van der Waals surface area contributed by atoms with Crippen molar-refractivity contribution in [1.82, 2.24) is 0 Å². The van der Waals surface area contributed by atoms with Gasteiger partial charge in [-0.2, -0.15) is 0 Å². The lowest BCUT2D eigenvalue weighted by atomic mass is 9.45. The highest BCUT2D eigenvalue weighted by atomic mass is 16.7. The normalized spacial score (nSPS) is 58.9. The molecular weight excluding hydrogens is 680 g/mol. The fourth-order valence-electron chi connectivity index (χ4n) is 12.4. The molecule has 4 aliphatic heterocycles. The number of hydrogen-bond acceptors (Lipinski definition) is 14. The highest BCUT2D eigenvalue weighted by Gasteiger charge is 2.76. The molecule has 296 valence electrons. The molecule has 0 bridgehead atoms. The van der Waals surface area contributed by atoms with E-state index >= 15 is 0 Å². The Bertz CT molecular complexity index is 1350. The standard InChI is InChI=1S/C38H60O14/c1-17-7-10-37(48-15-17)18(2)38(46)27(52-37)13-23-21-6-5-19-11-20(40)12-26(36(19,4)22(21)8-9-35(23,38)3)50-34-31(45)29(43)32(25(14-39)49-34)51-33-30(44)28(42)24(41)16-47-33/h5,17-18,20-34,39-46H,6-16H2,1-4H3/t17-,18-,20-,21-,22+,23+,24+,25-,26-,27+,28+,29-,30-,31-,32-,33+,34+,35+,36+,37-,38-/m1/s1. The maximum absolute atomic E-state index is 12.8. The van der Waals surface area contributed by atoms with Crippen molar-refractivity contribution in [3.05, 3.63) is 11.6 Å². The van der Waals surface area contributed by atoms with E-state index in [1.807, 2.05) is 0 Å². The van der Waals surface area contributed by atoms with E-state index in [0.717, 1.165) is 44.1 Å². The second-order valence-corrected chi connectivity index (χ2v) is 18.0. The van der Waals surface area contributed by atoms with Gasteiger partial charge in [-0.15, -0.1) is 0 Å². The quantitative estimate of drug-likeness (QED) is 0.175. The molecule has 14 heteroatoms. The number of fused-ring (bicyclic) bond motifs is 7. The largest absolute Gasteiger partial charge is 0.394 e. The lowest BCUT2D eigenvalue weighted by Gasteiger charge is -2.61. The van der Waals surface area contributed by atoms with E-state index in [-0.39, 0.29) is 48.2 Å². The van der Waals surface area contributed by atoms with Crippen molar-refractivity contribution < 1.29 is 69.3 Å². The predicted octanol–water partition coefficient (Wildman–Crippen LogP) is 0.0871. The molecule has 7 fully saturated rings. The van der Waals surface area contributed by atoms with Crippen molar-refractivity contribution in [2.24, 2.45) is 40.4 Å². The Morgan fingerprint density at radius 2 is 1.62 bits per heavy atom. The fourth-order valence-corrected chi connectivity index (χ4v) is 12.4. The molecule has 1 spiro atoms. The van der Waals surface area contributed by atoms with Crippen LogP contribution >= 0.6 is 0 Å². The number of rotatable bonds is 5. The molecule has 0 unspecified atom stereocenters. The second-order valence-electron chi connectivity index (χ2n) is 18.0. The van der Waals surface area contributed by atoms with Crippen LogP contribution in [0.25, 0.3) is 0 Å². The summed E-state index contributed by atoms with van der Waals surface area (Å²) in [6.07, 6.45) is -6.84. The first kappa shape index (κ1) is 38.1. The summed E-state index contributed by atoms with van der Waals surface area (Å²) in [4.78, 5) is 0. The molecule has 3 saturated carbocycles. The fraction of sp³-hybridized carbons (Fsp3) is 0.947. The summed E-state index contributed by atoms with van der Waals surface area (Å²) in [5, 5.41) is 87.1. The molecule has 0 aromatic carbocycles. The SMILES string of the molecule is C[C@@H]1CC[C@@]2(OC1)O[C@H]1C[C@H]3[C@@H]4CC=C5C[C@@H](O)C[C@@H](O[C@@H]6O[C@H](CO)[C@@H](O[C@@H]7OC[C@H](O)[C@H](O)[C@H]7O)[C@H](O)[C@H]6O)[C@]5(C)[C@H]4CC[C@]3(C)[C@@]1(O)[C@@H]2C. The molecule has 4 heterocycles. The van der Waals surface area contributed by atoms with Gasteiger partial charge in [-0.25, -0.2) is 0 Å². The Labute approximate surface area is 305 Å². The first-order valence-corrected chi connectivity index (χ1v) is 19.6. The molecule has 0 aromatic rings. The van der Waals surface area contributed by atoms with Crippen LogP contribution < -0.4 is 0 Å². The van der Waals surface area contributed by atoms with E-state index < -0.39 is 90.9 Å². The molecule has 14 nitrogen and oxygen atoms in total. The smallest absolute Gasteiger partial charge is 0.187 e. The summed E-state index contributed by atoms with van der Waals surface area (Å²) in [6, 6.07) is 0. The van der Waals surface area contributed by atoms with Gasteiger partial charge in [0.2, 0.25) is 0 Å². The topological polar surface area (TPSA) is 217 Å². The van der Waals surface area contributed by atoms with Crippen molar-refractivity contribution >= 4 is 0 Å². The van der Waals surface area contributed by atoms with Gasteiger partial charge in [0.1, 0.15) is 48.3 Å². The zero-order valence-corrected chi connectivity index (χ0v) is 30.7. The minimum Gasteiger partial charge on any atom is -0.394 e. The van der Waals surface area contributed by atoms with Gasteiger partial charge in [-0.3, -0.25) is 0 Å². The van der Waals surface area contributed by atoms with Gasteiger partial charge in [-0.05, 0) is 62.2 Å². The van der Waals surface area contributed by atoms with Gasteiger partial charge in [0, 0.05) is 29.6 Å². The Morgan fingerprint density at radius 1 is 0.865 bits per heavy atom. The van der Waals surface area contributed by atoms with Crippen LogP contribution in [0.1, 0.15) is 79.1 Å². The van der Waals surface area contributed by atoms with Crippen molar-refractivity contribution in [3.8, 4) is 0 Å². The monoisotopic (exact) mass is 740 g/mol. The van der Waals surface area contributed by atoms with Crippen molar-refractivity contribution in [3.63, 3.8) is 0 Å². The van der Waals surface area contributed by atoms with Gasteiger partial charge in [-0.1, -0.05) is 39.3 Å². The molecule has 8 rings (SSSR count). The summed E-state index contributed by atoms with van der Waals surface area (Å²) in [5.74, 6) is 0.0661. The highest BCUT2D eigenvalue weighted by molar-refractivity contribution is 5.30. The first-order valence-electron chi connectivity index (χ1n) is 19.6. The third-order valence-corrected chi connectivity index (χ3v) is 15.5. The van der Waals surface area contributed by atoms with Crippen LogP contribution in [0.4, 0.5) is 0 Å². The van der Waals surface area contributed by atoms with Crippen LogP contribution in [0, 0.1) is 40.4 Å². The number of hydrogen-bond donors (Lipinski definition) is 8. The highest BCUT2D eigenvalue weighted by Crippen LogP contribution is 2.72. The summed E-state index contributed by atoms with van der Waals surface area (Å²) in [7, 11) is 0. The molecule has 0 amide bonds. The zero-order valence-electron chi connectivity index (χ0n) is 30.7. The summed E-state index contributed by atoms with van der Waals surface area (Å²) >= 11 is 0. The van der Waals surface area contributed by atoms with Crippen LogP contribution in [0.15, 0.2) is 11.6 Å². The van der Waals surface area contributed by atoms with Gasteiger partial charge in [0.15, 0.2) is 18.4 Å². The first-order chi connectivity index (χ1) is 24.6. The molecule has 0 aromatic heterocycles. The van der Waals surface area contributed by atoms with E-state index in [9.17, 15) is 40.9 Å². The summed E-state index contributed by atoms with van der Waals surface area (Å²) in [6.45, 7) is 8.40. The maximum Gasteiger partial charge on any atom is 0.187 e. The molecule has 4 saturated heterocycles. The van der Waals surface area contributed by atoms with Crippen molar-refractivity contribution in [2.45, 2.75) is 164 Å². The lowest BCUT2D eigenvalue weighted by molar-refractivity contribution is -0.358. The molecule has 8 aliphatic rings. The van der Waals surface area contributed by atoms with Crippen molar-refractivity contribution in [1.29, 1.82) is 0 Å². The van der Waals surface area contributed by atoms with E-state index in [1.54, 1.807) is 0 Å². The number of ether oxygens (including phenoxy) is 6. The Kier molecular flexibility index (Phi) is 9.81. The molecule has 21 atom stereocenters. The number of allylic oxidation sites excluding steroid dienone is 1. The van der Waals surface area contributed by atoms with Crippen LogP contribution in [0.3, 0.4) is 0 Å². The minimum absolute atomic E-state index is 0.142. The van der Waals surface area contributed by atoms with Gasteiger partial charge in [0.05, 0.1) is 38.1 Å². The van der Waals surface area contributed by atoms with Crippen molar-refractivity contribution in [2.75, 3.05) is 19.8 Å². The number of aliphatic hydroxyl groups is 8. The van der Waals surface area contributed by atoms with Gasteiger partial charge >= 0.3 is 0 Å². The molecule has 52 heavy (non-hydrogen) atoms. The Morgan fingerprint density at radius 3 is 2.33 bits per heavy atom. The summed E-state index contributed by atoms with van der Waals surface area (Å²) < 4.78 is 37.0. The average molecular weight is 741 g/mol. The zero-order chi connectivity index (χ0) is 37.1. The van der Waals surface area contributed by atoms with Crippen LogP contribution in [0.2, 0.25) is 0 Å². The van der Waals surface area contributed by atoms with Gasteiger partial charge < -0.3 is 69.3 Å². The lowest BCUT2D eigenvalue weighted by Crippen LogP contribution is -2.65. The van der Waals surface area contributed by atoms with Gasteiger partial charge in [0.25, 0.3) is 0 Å². The minimum atomic E-state index is -1.65. The van der Waals surface area contributed by atoms with Crippen LogP contribution in [-0.2, 0) is 28.4 Å². The summed E-state index contributed by atoms with van der Waals surface area (Å²) in [5.41, 5.74) is -0.869. The molecule has 4 aliphatic carbocycles. The second kappa shape index (κ2) is 13.4. The Balaban J connectivity index is 1.02. The number of aliphatic hydroxyl groups excluding tert-OH is 7. The predicted molar refractivity (Wildman–Crippen MR) is 180 cm³/mol. The third-order valence-electron chi connectivity index (χ3n) is 15.5. The van der Waals surface area contributed by atoms with Crippen LogP contribution in [0.5, 0.6) is 0 Å². The molecule has 0 radical (unpaired) electrons. The average Bonchev–Trinajstić information content (AvgIpc) is 3.47. The van der Waals surface area contributed by atoms with E-state index in [2.05, 4.69) is 33.8 Å². The molecule has 8 N–H and O–H groups in total. The Hall–Kier alpha value is -0.820. The third kappa shape index (κ3) is 5.42. The van der Waals surface area contributed by atoms with E-state index in [1.165, 1.54) is 0 Å². The van der Waals surface area contributed by atoms with E-state index in [4.69, 9.17) is 28.4 Å².